The topological polar surface area (TPSA) is 78.2 Å². The molecule has 1 amide bonds. The summed E-state index contributed by atoms with van der Waals surface area (Å²) in [6.45, 7) is 0.376. The van der Waals surface area contributed by atoms with Crippen LogP contribution in [-0.2, 0) is 27.9 Å². The van der Waals surface area contributed by atoms with Crippen molar-refractivity contribution in [2.45, 2.75) is 12.3 Å². The van der Waals surface area contributed by atoms with Crippen LogP contribution in [0.2, 0.25) is 0 Å². The van der Waals surface area contributed by atoms with Crippen molar-refractivity contribution in [2.24, 2.45) is 0 Å². The maximum atomic E-state index is 12.8. The number of hydrogen-bond acceptors (Lipinski definition) is 4. The predicted molar refractivity (Wildman–Crippen MR) is 124 cm³/mol. The SMILES string of the molecule is COc1ccc(CNC(=O)C[S@@](=O)Cc2cnn(-c3ccccc3)c2-n2cccc2)cc1. The molecule has 164 valence electrons. The number of carbonyl (C=O) groups is 1. The first kappa shape index (κ1) is 21.6. The smallest absolute Gasteiger partial charge is 0.232 e. The third-order valence-corrected chi connectivity index (χ3v) is 6.14. The molecule has 0 spiro atoms. The van der Waals surface area contributed by atoms with Gasteiger partial charge >= 0.3 is 0 Å². The van der Waals surface area contributed by atoms with Crippen LogP contribution in [0.4, 0.5) is 0 Å². The summed E-state index contributed by atoms with van der Waals surface area (Å²) in [6, 6.07) is 21.1. The quantitative estimate of drug-likeness (QED) is 0.426. The highest BCUT2D eigenvalue weighted by Gasteiger charge is 2.17. The first-order valence-corrected chi connectivity index (χ1v) is 11.6. The molecule has 0 radical (unpaired) electrons. The summed E-state index contributed by atoms with van der Waals surface area (Å²) < 4.78 is 21.7. The van der Waals surface area contributed by atoms with Gasteiger partial charge in [-0.15, -0.1) is 0 Å². The molecule has 8 heteroatoms. The largest absolute Gasteiger partial charge is 0.497 e. The van der Waals surface area contributed by atoms with E-state index in [0.717, 1.165) is 28.4 Å². The molecule has 0 aliphatic rings. The third kappa shape index (κ3) is 5.15. The molecule has 0 aliphatic carbocycles. The van der Waals surface area contributed by atoms with Gasteiger partial charge in [0.2, 0.25) is 5.91 Å². The summed E-state index contributed by atoms with van der Waals surface area (Å²) in [7, 11) is 0.231. The number of rotatable bonds is 9. The molecule has 2 heterocycles. The molecule has 0 fully saturated rings. The highest BCUT2D eigenvalue weighted by Crippen LogP contribution is 2.21. The molecule has 0 bridgehead atoms. The standard InChI is InChI=1S/C24H24N4O3S/c1-31-22-11-9-19(10-12-22)15-25-23(29)18-32(30)17-20-16-26-28(21-7-3-2-4-8-21)24(20)27-13-5-6-14-27/h2-14,16H,15,17-18H2,1H3,(H,25,29)/t32-/m0/s1. The van der Waals surface area contributed by atoms with Crippen LogP contribution in [0.1, 0.15) is 11.1 Å². The van der Waals surface area contributed by atoms with Gasteiger partial charge in [0.1, 0.15) is 17.3 Å². The lowest BCUT2D eigenvalue weighted by atomic mass is 10.2. The summed E-state index contributed by atoms with van der Waals surface area (Å²) in [5.41, 5.74) is 2.67. The van der Waals surface area contributed by atoms with Crippen LogP contribution in [0.5, 0.6) is 5.75 Å². The minimum absolute atomic E-state index is 0.0716. The number of aromatic nitrogens is 3. The molecule has 4 aromatic rings. The molecule has 1 N–H and O–H groups in total. The Morgan fingerprint density at radius 3 is 2.44 bits per heavy atom. The van der Waals surface area contributed by atoms with Crippen molar-refractivity contribution < 1.29 is 13.7 Å². The molecule has 4 rings (SSSR count). The molecule has 1 atom stereocenters. The number of hydrogen-bond donors (Lipinski definition) is 1. The zero-order valence-corrected chi connectivity index (χ0v) is 18.5. The van der Waals surface area contributed by atoms with Gasteiger partial charge in [-0.1, -0.05) is 30.3 Å². The highest BCUT2D eigenvalue weighted by atomic mass is 32.2. The predicted octanol–water partition coefficient (Wildman–Crippen LogP) is 3.24. The molecule has 2 aromatic carbocycles. The van der Waals surface area contributed by atoms with Crippen LogP contribution in [0.25, 0.3) is 11.5 Å². The fraction of sp³-hybridized carbons (Fsp3) is 0.167. The first-order chi connectivity index (χ1) is 15.6. The Bertz CT molecular complexity index is 1190. The van der Waals surface area contributed by atoms with Crippen molar-refractivity contribution in [1.29, 1.82) is 0 Å². The fourth-order valence-electron chi connectivity index (χ4n) is 3.35. The van der Waals surface area contributed by atoms with E-state index < -0.39 is 10.8 Å². The Balaban J connectivity index is 1.42. The van der Waals surface area contributed by atoms with Gasteiger partial charge in [0.05, 0.1) is 24.7 Å². The van der Waals surface area contributed by atoms with Gasteiger partial charge in [-0.25, -0.2) is 4.68 Å². The Hall–Kier alpha value is -3.65. The van der Waals surface area contributed by atoms with Crippen LogP contribution in [-0.4, -0.2) is 37.3 Å². The van der Waals surface area contributed by atoms with Crippen LogP contribution in [0.3, 0.4) is 0 Å². The molecule has 0 saturated heterocycles. The number of benzene rings is 2. The first-order valence-electron chi connectivity index (χ1n) is 10.1. The molecule has 0 aliphatic heterocycles. The fourth-order valence-corrected chi connectivity index (χ4v) is 4.40. The van der Waals surface area contributed by atoms with E-state index in [4.69, 9.17) is 4.74 Å². The average Bonchev–Trinajstić information content (AvgIpc) is 3.48. The minimum Gasteiger partial charge on any atom is -0.497 e. The number of ether oxygens (including phenoxy) is 1. The van der Waals surface area contributed by atoms with E-state index in [1.807, 2.05) is 88.4 Å². The van der Waals surface area contributed by atoms with Gasteiger partial charge in [0.25, 0.3) is 0 Å². The summed E-state index contributed by atoms with van der Waals surface area (Å²) in [6.07, 6.45) is 5.56. The van der Waals surface area contributed by atoms with E-state index in [2.05, 4.69) is 10.4 Å². The van der Waals surface area contributed by atoms with Crippen LogP contribution in [0.15, 0.2) is 85.3 Å². The number of para-hydroxylation sites is 1. The zero-order valence-electron chi connectivity index (χ0n) is 17.7. The van der Waals surface area contributed by atoms with Gasteiger partial charge in [-0.3, -0.25) is 9.00 Å². The van der Waals surface area contributed by atoms with E-state index in [0.29, 0.717) is 6.54 Å². The molecule has 2 aromatic heterocycles. The molecule has 0 saturated carbocycles. The van der Waals surface area contributed by atoms with E-state index in [9.17, 15) is 9.00 Å². The minimum atomic E-state index is -1.38. The average molecular weight is 449 g/mol. The number of nitrogens with one attached hydrogen (secondary N) is 1. The monoisotopic (exact) mass is 448 g/mol. The summed E-state index contributed by atoms with van der Waals surface area (Å²) in [5.74, 6) is 1.48. The number of methoxy groups -OCH3 is 1. The van der Waals surface area contributed by atoms with Gasteiger partial charge < -0.3 is 14.6 Å². The van der Waals surface area contributed by atoms with Gasteiger partial charge in [-0.05, 0) is 42.0 Å². The van der Waals surface area contributed by atoms with Crippen LogP contribution >= 0.6 is 0 Å². The molecular weight excluding hydrogens is 424 g/mol. The number of carbonyl (C=O) groups excluding carboxylic acids is 1. The van der Waals surface area contributed by atoms with Gasteiger partial charge in [0.15, 0.2) is 0 Å². The Morgan fingerprint density at radius 1 is 1.03 bits per heavy atom. The maximum Gasteiger partial charge on any atom is 0.232 e. The van der Waals surface area contributed by atoms with E-state index >= 15 is 0 Å². The van der Waals surface area contributed by atoms with Crippen molar-refractivity contribution in [2.75, 3.05) is 12.9 Å². The van der Waals surface area contributed by atoms with E-state index in [-0.39, 0.29) is 17.4 Å². The Morgan fingerprint density at radius 2 is 1.75 bits per heavy atom. The lowest BCUT2D eigenvalue weighted by Gasteiger charge is -2.11. The summed E-state index contributed by atoms with van der Waals surface area (Å²) >= 11 is 0. The third-order valence-electron chi connectivity index (χ3n) is 4.92. The van der Waals surface area contributed by atoms with Crippen molar-refractivity contribution in [3.63, 3.8) is 0 Å². The van der Waals surface area contributed by atoms with Crippen LogP contribution < -0.4 is 10.1 Å². The number of nitrogens with zero attached hydrogens (tertiary/aromatic N) is 3. The van der Waals surface area contributed by atoms with Gasteiger partial charge in [0, 0.05) is 35.3 Å². The maximum absolute atomic E-state index is 12.8. The molecule has 7 nitrogen and oxygen atoms in total. The number of amides is 1. The summed E-state index contributed by atoms with van der Waals surface area (Å²) in [5, 5.41) is 7.34. The molecular formula is C24H24N4O3S. The van der Waals surface area contributed by atoms with Crippen molar-refractivity contribution in [3.05, 3.63) is 96.4 Å². The Kier molecular flexibility index (Phi) is 6.81. The lowest BCUT2D eigenvalue weighted by Crippen LogP contribution is -2.28. The normalized spacial score (nSPS) is 11.8. The zero-order chi connectivity index (χ0) is 22.3. The van der Waals surface area contributed by atoms with E-state index in [1.165, 1.54) is 0 Å². The van der Waals surface area contributed by atoms with Crippen molar-refractivity contribution in [3.8, 4) is 17.3 Å². The Labute approximate surface area is 189 Å². The van der Waals surface area contributed by atoms with Gasteiger partial charge in [-0.2, -0.15) is 5.10 Å². The second-order valence-electron chi connectivity index (χ2n) is 7.18. The van der Waals surface area contributed by atoms with E-state index in [1.54, 1.807) is 13.3 Å². The van der Waals surface area contributed by atoms with Crippen LogP contribution in [0, 0.1) is 0 Å². The highest BCUT2D eigenvalue weighted by molar-refractivity contribution is 7.84. The second kappa shape index (κ2) is 10.1. The second-order valence-corrected chi connectivity index (χ2v) is 8.64. The summed E-state index contributed by atoms with van der Waals surface area (Å²) in [4.78, 5) is 12.3. The molecule has 32 heavy (non-hydrogen) atoms. The molecule has 0 unspecified atom stereocenters. The van der Waals surface area contributed by atoms with Crippen molar-refractivity contribution in [1.82, 2.24) is 19.7 Å². The lowest BCUT2D eigenvalue weighted by molar-refractivity contribution is -0.118. The van der Waals surface area contributed by atoms with Crippen molar-refractivity contribution >= 4 is 16.7 Å².